The average Bonchev–Trinajstić information content (AvgIpc) is 2.84. The summed E-state index contributed by atoms with van der Waals surface area (Å²) in [5.74, 6) is -0.304. The highest BCUT2D eigenvalue weighted by molar-refractivity contribution is 5.86. The first-order valence-electron chi connectivity index (χ1n) is 10.4. The van der Waals surface area contributed by atoms with Crippen molar-refractivity contribution in [1.29, 1.82) is 5.26 Å². The molecule has 0 saturated heterocycles. The second kappa shape index (κ2) is 13.5. The van der Waals surface area contributed by atoms with Crippen molar-refractivity contribution >= 4 is 17.7 Å². The third-order valence-corrected chi connectivity index (χ3v) is 4.75. The lowest BCUT2D eigenvalue weighted by Gasteiger charge is -2.26. The Hall–Kier alpha value is -3.87. The molecule has 0 aliphatic rings. The van der Waals surface area contributed by atoms with E-state index in [1.165, 1.54) is 11.6 Å². The lowest BCUT2D eigenvalue weighted by Crippen LogP contribution is -2.22. The van der Waals surface area contributed by atoms with Crippen LogP contribution in [0.3, 0.4) is 0 Å². The molecule has 0 radical (unpaired) electrons. The zero-order valence-corrected chi connectivity index (χ0v) is 18.2. The van der Waals surface area contributed by atoms with Crippen LogP contribution in [0, 0.1) is 17.2 Å². The van der Waals surface area contributed by atoms with E-state index < -0.39 is 18.1 Å². The van der Waals surface area contributed by atoms with Crippen LogP contribution in [-0.2, 0) is 9.53 Å². The van der Waals surface area contributed by atoms with Gasteiger partial charge in [-0.15, -0.1) is 0 Å². The summed E-state index contributed by atoms with van der Waals surface area (Å²) in [6.07, 6.45) is 2.55. The predicted molar refractivity (Wildman–Crippen MR) is 120 cm³/mol. The Morgan fingerprint density at radius 3 is 2.58 bits per heavy atom. The van der Waals surface area contributed by atoms with Crippen LogP contribution in [0.1, 0.15) is 37.0 Å². The van der Waals surface area contributed by atoms with Gasteiger partial charge in [0.05, 0.1) is 18.2 Å². The number of nitrogens with one attached hydrogen (secondary N) is 2. The number of hydrogen-bond donors (Lipinski definition) is 4. The summed E-state index contributed by atoms with van der Waals surface area (Å²) in [5, 5.41) is 29.3. The maximum atomic E-state index is 12.7. The van der Waals surface area contributed by atoms with Gasteiger partial charge in [-0.25, -0.2) is 10.3 Å². The van der Waals surface area contributed by atoms with Gasteiger partial charge in [0.25, 0.3) is 5.91 Å². The summed E-state index contributed by atoms with van der Waals surface area (Å²) in [6, 6.07) is 15.5. The number of nitrogens with zero attached hydrogens (tertiary/aromatic N) is 1. The van der Waals surface area contributed by atoms with Crippen LogP contribution in [0.4, 0.5) is 10.5 Å². The number of carbonyl (C=O) groups is 2. The van der Waals surface area contributed by atoms with E-state index in [4.69, 9.17) is 25.0 Å². The highest BCUT2D eigenvalue weighted by Gasteiger charge is 2.26. The smallest absolute Gasteiger partial charge is 0.412 e. The van der Waals surface area contributed by atoms with Crippen molar-refractivity contribution in [3.63, 3.8) is 0 Å². The number of hydrogen-bond acceptors (Lipinski definition) is 7. The predicted octanol–water partition coefficient (Wildman–Crippen LogP) is 3.70. The molecule has 0 aliphatic carbocycles. The van der Waals surface area contributed by atoms with E-state index in [-0.39, 0.29) is 19.1 Å². The van der Waals surface area contributed by atoms with Gasteiger partial charge in [-0.2, -0.15) is 5.26 Å². The Bertz CT molecular complexity index is 984. The number of hydroxylamine groups is 1. The summed E-state index contributed by atoms with van der Waals surface area (Å²) in [7, 11) is 0. The minimum atomic E-state index is -0.682. The standard InChI is InChI=1S/C24H27N3O6/c1-17(6-2-5-9-22(29)27-31)23(20-7-3-4-8-21(20)32-15-14-28)33-24(30)26-19-12-10-18(16-25)11-13-19/h3-5,7-13,17,23,28,31H,2,6,14-15H2,1H3,(H,26,30)(H,27,29)/b9-5+/t17-,23+/m1/s1. The molecule has 0 heterocycles. The van der Waals surface area contributed by atoms with Crippen molar-refractivity contribution in [3.05, 3.63) is 71.8 Å². The van der Waals surface area contributed by atoms with Gasteiger partial charge in [0.15, 0.2) is 0 Å². The van der Waals surface area contributed by atoms with E-state index in [1.807, 2.05) is 13.0 Å². The molecule has 0 spiro atoms. The van der Waals surface area contributed by atoms with Gasteiger partial charge >= 0.3 is 6.09 Å². The van der Waals surface area contributed by atoms with Crippen molar-refractivity contribution in [1.82, 2.24) is 5.48 Å². The van der Waals surface area contributed by atoms with Crippen LogP contribution in [-0.4, -0.2) is 35.5 Å². The minimum absolute atomic E-state index is 0.0918. The Labute approximate surface area is 192 Å². The molecular weight excluding hydrogens is 426 g/mol. The van der Waals surface area contributed by atoms with E-state index in [2.05, 4.69) is 5.32 Å². The Balaban J connectivity index is 2.19. The summed E-state index contributed by atoms with van der Waals surface area (Å²) in [4.78, 5) is 23.8. The van der Waals surface area contributed by atoms with Crippen LogP contribution < -0.4 is 15.5 Å². The second-order valence-corrected chi connectivity index (χ2v) is 7.18. The van der Waals surface area contributed by atoms with Gasteiger partial charge in [0.1, 0.15) is 18.5 Å². The number of aliphatic hydroxyl groups excluding tert-OH is 1. The molecule has 0 unspecified atom stereocenters. The summed E-state index contributed by atoms with van der Waals surface area (Å²) in [6.45, 7) is 1.84. The first-order chi connectivity index (χ1) is 16.0. The zero-order chi connectivity index (χ0) is 24.1. The number of allylic oxidation sites excluding steroid dienone is 1. The average molecular weight is 453 g/mol. The molecule has 0 fully saturated rings. The van der Waals surface area contributed by atoms with Crippen LogP contribution in [0.15, 0.2) is 60.7 Å². The van der Waals surface area contributed by atoms with E-state index in [1.54, 1.807) is 54.6 Å². The maximum Gasteiger partial charge on any atom is 0.412 e. The SMILES string of the molecule is C[C@H](CC/C=C/C(=O)NO)[C@H](OC(=O)Nc1ccc(C#N)cc1)c1ccccc1OCCO. The van der Waals surface area contributed by atoms with Crippen molar-refractivity contribution < 1.29 is 29.4 Å². The molecule has 2 aromatic carbocycles. The van der Waals surface area contributed by atoms with Gasteiger partial charge in [0, 0.05) is 17.3 Å². The third-order valence-electron chi connectivity index (χ3n) is 4.75. The van der Waals surface area contributed by atoms with Crippen molar-refractivity contribution in [3.8, 4) is 11.8 Å². The normalized spacial score (nSPS) is 12.4. The highest BCUT2D eigenvalue weighted by Crippen LogP contribution is 2.35. The maximum absolute atomic E-state index is 12.7. The Morgan fingerprint density at radius 1 is 1.18 bits per heavy atom. The third kappa shape index (κ3) is 8.29. The fourth-order valence-electron chi connectivity index (χ4n) is 3.12. The number of amides is 2. The molecule has 2 amide bonds. The van der Waals surface area contributed by atoms with Gasteiger partial charge in [-0.1, -0.05) is 31.2 Å². The molecule has 0 aliphatic heterocycles. The van der Waals surface area contributed by atoms with Crippen molar-refractivity contribution in [2.45, 2.75) is 25.9 Å². The van der Waals surface area contributed by atoms with Gasteiger partial charge < -0.3 is 14.6 Å². The quantitative estimate of drug-likeness (QED) is 0.231. The number of para-hydroxylation sites is 1. The Morgan fingerprint density at radius 2 is 1.91 bits per heavy atom. The number of nitriles is 1. The topological polar surface area (TPSA) is 141 Å². The lowest BCUT2D eigenvalue weighted by atomic mass is 9.92. The largest absolute Gasteiger partial charge is 0.491 e. The van der Waals surface area contributed by atoms with Gasteiger partial charge in [0.2, 0.25) is 0 Å². The number of ether oxygens (including phenoxy) is 2. The monoisotopic (exact) mass is 453 g/mol. The first kappa shape index (κ1) is 25.4. The molecule has 9 nitrogen and oxygen atoms in total. The van der Waals surface area contributed by atoms with Crippen LogP contribution >= 0.6 is 0 Å². The summed E-state index contributed by atoms with van der Waals surface area (Å²) in [5.41, 5.74) is 3.12. The number of benzene rings is 2. The summed E-state index contributed by atoms with van der Waals surface area (Å²) < 4.78 is 11.4. The van der Waals surface area contributed by atoms with Gasteiger partial charge in [-0.3, -0.25) is 15.3 Å². The second-order valence-electron chi connectivity index (χ2n) is 7.18. The molecule has 4 N–H and O–H groups in total. The van der Waals surface area contributed by atoms with Crippen LogP contribution in [0.2, 0.25) is 0 Å². The number of anilines is 1. The number of rotatable bonds is 11. The van der Waals surface area contributed by atoms with Crippen molar-refractivity contribution in [2.75, 3.05) is 18.5 Å². The van der Waals surface area contributed by atoms with Crippen LogP contribution in [0.25, 0.3) is 0 Å². The zero-order valence-electron chi connectivity index (χ0n) is 18.2. The molecule has 174 valence electrons. The van der Waals surface area contributed by atoms with E-state index in [0.29, 0.717) is 35.4 Å². The molecule has 9 heteroatoms. The molecule has 0 aromatic heterocycles. The molecule has 0 saturated carbocycles. The number of aliphatic hydroxyl groups is 1. The van der Waals surface area contributed by atoms with E-state index in [0.717, 1.165) is 0 Å². The Kier molecular flexibility index (Phi) is 10.4. The lowest BCUT2D eigenvalue weighted by molar-refractivity contribution is -0.124. The molecule has 33 heavy (non-hydrogen) atoms. The molecule has 2 atom stereocenters. The minimum Gasteiger partial charge on any atom is -0.491 e. The van der Waals surface area contributed by atoms with Crippen LogP contribution in [0.5, 0.6) is 5.75 Å². The molecule has 2 rings (SSSR count). The fraction of sp³-hybridized carbons (Fsp3) is 0.292. The van der Waals surface area contributed by atoms with Crippen molar-refractivity contribution in [2.24, 2.45) is 5.92 Å². The molecular formula is C24H27N3O6. The molecule has 0 bridgehead atoms. The summed E-state index contributed by atoms with van der Waals surface area (Å²) >= 11 is 0. The van der Waals surface area contributed by atoms with Gasteiger partial charge in [-0.05, 0) is 49.1 Å². The van der Waals surface area contributed by atoms with E-state index in [9.17, 15) is 9.59 Å². The first-order valence-corrected chi connectivity index (χ1v) is 10.4. The fourth-order valence-corrected chi connectivity index (χ4v) is 3.12. The van der Waals surface area contributed by atoms with E-state index >= 15 is 0 Å². The molecule has 2 aromatic rings. The highest BCUT2D eigenvalue weighted by atomic mass is 16.6. The number of carbonyl (C=O) groups excluding carboxylic acids is 2.